The van der Waals surface area contributed by atoms with Gasteiger partial charge in [-0.25, -0.2) is 9.13 Å². The van der Waals surface area contributed by atoms with Gasteiger partial charge in [0, 0.05) is 25.7 Å². The number of esters is 4. The average molecular weight is 1610 g/mol. The van der Waals surface area contributed by atoms with Crippen molar-refractivity contribution < 1.29 is 80.2 Å². The summed E-state index contributed by atoms with van der Waals surface area (Å²) in [5, 5.41) is 10.7. The molecule has 0 spiro atoms. The number of hydrogen-bond donors (Lipinski definition) is 3. The van der Waals surface area contributed by atoms with Gasteiger partial charge in [-0.15, -0.1) is 0 Å². The Morgan fingerprint density at radius 3 is 0.691 bits per heavy atom. The second-order valence-corrected chi connectivity index (χ2v) is 36.8. The van der Waals surface area contributed by atoms with E-state index in [2.05, 4.69) is 48.5 Å². The number of carbonyl (C=O) groups is 4. The molecule has 654 valence electrons. The summed E-state index contributed by atoms with van der Waals surface area (Å²) in [7, 11) is -9.94. The normalized spacial score (nSPS) is 14.0. The van der Waals surface area contributed by atoms with Crippen molar-refractivity contribution in [1.82, 2.24) is 0 Å². The number of phosphoric ester groups is 2. The smallest absolute Gasteiger partial charge is 0.462 e. The van der Waals surface area contributed by atoms with Crippen LogP contribution in [0.1, 0.15) is 485 Å². The van der Waals surface area contributed by atoms with Crippen LogP contribution in [-0.4, -0.2) is 96.7 Å². The quantitative estimate of drug-likeness (QED) is 0.0222. The molecule has 0 aromatic rings. The first-order chi connectivity index (χ1) is 53.3. The van der Waals surface area contributed by atoms with E-state index in [1.165, 1.54) is 295 Å². The van der Waals surface area contributed by atoms with E-state index in [-0.39, 0.29) is 25.7 Å². The molecule has 0 saturated heterocycles. The molecular formula is C91H178O17P2. The molecule has 0 heterocycles. The number of unbranched alkanes of at least 4 members (excludes halogenated alkanes) is 56. The van der Waals surface area contributed by atoms with E-state index < -0.39 is 97.5 Å². The Hall–Kier alpha value is -1.94. The molecule has 0 radical (unpaired) electrons. The van der Waals surface area contributed by atoms with Crippen molar-refractivity contribution in [2.24, 2.45) is 17.8 Å². The first-order valence-corrected chi connectivity index (χ1v) is 49.9. The number of phosphoric acid groups is 2. The monoisotopic (exact) mass is 1610 g/mol. The van der Waals surface area contributed by atoms with Crippen LogP contribution in [0, 0.1) is 17.8 Å². The zero-order chi connectivity index (χ0) is 80.8. The molecule has 0 aromatic heterocycles. The lowest BCUT2D eigenvalue weighted by Crippen LogP contribution is -2.30. The highest BCUT2D eigenvalue weighted by molar-refractivity contribution is 7.47. The summed E-state index contributed by atoms with van der Waals surface area (Å²) in [5.41, 5.74) is 0. The summed E-state index contributed by atoms with van der Waals surface area (Å²) in [4.78, 5) is 73.4. The molecule has 6 atom stereocenters. The van der Waals surface area contributed by atoms with E-state index in [1.807, 2.05) is 0 Å². The molecule has 17 nitrogen and oxygen atoms in total. The molecule has 0 aliphatic carbocycles. The molecule has 0 bridgehead atoms. The highest BCUT2D eigenvalue weighted by Crippen LogP contribution is 2.45. The van der Waals surface area contributed by atoms with E-state index in [1.54, 1.807) is 0 Å². The molecule has 3 unspecified atom stereocenters. The van der Waals surface area contributed by atoms with Crippen molar-refractivity contribution in [1.29, 1.82) is 0 Å². The number of hydrogen-bond acceptors (Lipinski definition) is 15. The Labute approximate surface area is 677 Å². The van der Waals surface area contributed by atoms with Gasteiger partial charge in [0.1, 0.15) is 19.3 Å². The van der Waals surface area contributed by atoms with E-state index >= 15 is 0 Å². The van der Waals surface area contributed by atoms with Crippen LogP contribution in [0.4, 0.5) is 0 Å². The van der Waals surface area contributed by atoms with Gasteiger partial charge in [0.15, 0.2) is 12.2 Å². The zero-order valence-corrected chi connectivity index (χ0v) is 74.5. The van der Waals surface area contributed by atoms with E-state index in [9.17, 15) is 43.2 Å². The molecule has 0 aromatic carbocycles. The number of carbonyl (C=O) groups excluding carboxylic acids is 4. The second-order valence-electron chi connectivity index (χ2n) is 33.9. The van der Waals surface area contributed by atoms with Gasteiger partial charge in [0.25, 0.3) is 0 Å². The highest BCUT2D eigenvalue weighted by atomic mass is 31.2. The Kier molecular flexibility index (Phi) is 79.4. The molecule has 0 rings (SSSR count). The van der Waals surface area contributed by atoms with Gasteiger partial charge >= 0.3 is 39.5 Å². The summed E-state index contributed by atoms with van der Waals surface area (Å²) in [6.07, 6.45) is 73.6. The highest BCUT2D eigenvalue weighted by Gasteiger charge is 2.31. The van der Waals surface area contributed by atoms with Crippen molar-refractivity contribution in [3.8, 4) is 0 Å². The van der Waals surface area contributed by atoms with Crippen LogP contribution in [0.5, 0.6) is 0 Å². The molecule has 0 fully saturated rings. The predicted molar refractivity (Wildman–Crippen MR) is 455 cm³/mol. The van der Waals surface area contributed by atoms with Crippen LogP contribution >= 0.6 is 15.6 Å². The Balaban J connectivity index is 5.24. The molecule has 3 N–H and O–H groups in total. The van der Waals surface area contributed by atoms with Crippen LogP contribution in [0.2, 0.25) is 0 Å². The summed E-state index contributed by atoms with van der Waals surface area (Å²) in [5.74, 6) is 0.362. The van der Waals surface area contributed by atoms with Gasteiger partial charge < -0.3 is 33.8 Å². The lowest BCUT2D eigenvalue weighted by atomic mass is 9.99. The first-order valence-electron chi connectivity index (χ1n) is 46.9. The predicted octanol–water partition coefficient (Wildman–Crippen LogP) is 28.0. The molecule has 0 amide bonds. The van der Waals surface area contributed by atoms with Crippen LogP contribution in [0.15, 0.2) is 0 Å². The maximum atomic E-state index is 13.2. The van der Waals surface area contributed by atoms with Gasteiger partial charge in [-0.2, -0.15) is 0 Å². The fraction of sp³-hybridized carbons (Fsp3) is 0.956. The van der Waals surface area contributed by atoms with Crippen LogP contribution in [0.25, 0.3) is 0 Å². The number of aliphatic hydroxyl groups is 1. The third-order valence-electron chi connectivity index (χ3n) is 21.7. The van der Waals surface area contributed by atoms with Crippen molar-refractivity contribution >= 4 is 39.5 Å². The summed E-state index contributed by atoms with van der Waals surface area (Å²) in [6, 6.07) is 0. The van der Waals surface area contributed by atoms with Gasteiger partial charge in [0.05, 0.1) is 26.4 Å². The third-order valence-corrected chi connectivity index (χ3v) is 23.6. The van der Waals surface area contributed by atoms with Gasteiger partial charge in [-0.05, 0) is 43.4 Å². The minimum Gasteiger partial charge on any atom is -0.462 e. The van der Waals surface area contributed by atoms with Crippen LogP contribution in [-0.2, 0) is 65.4 Å². The molecule has 0 saturated carbocycles. The van der Waals surface area contributed by atoms with Crippen molar-refractivity contribution in [2.45, 2.75) is 503 Å². The van der Waals surface area contributed by atoms with Crippen LogP contribution in [0.3, 0.4) is 0 Å². The van der Waals surface area contributed by atoms with Gasteiger partial charge in [-0.3, -0.25) is 37.3 Å². The Morgan fingerprint density at radius 1 is 0.264 bits per heavy atom. The third kappa shape index (κ3) is 82.6. The lowest BCUT2D eigenvalue weighted by molar-refractivity contribution is -0.161. The molecule has 0 aliphatic rings. The Morgan fingerprint density at radius 2 is 0.464 bits per heavy atom. The number of ether oxygens (including phenoxy) is 4. The average Bonchev–Trinajstić information content (AvgIpc) is 0.901. The van der Waals surface area contributed by atoms with Crippen LogP contribution < -0.4 is 0 Å². The number of rotatable bonds is 89. The lowest BCUT2D eigenvalue weighted by Gasteiger charge is -2.21. The van der Waals surface area contributed by atoms with Crippen molar-refractivity contribution in [3.63, 3.8) is 0 Å². The topological polar surface area (TPSA) is 237 Å². The minimum absolute atomic E-state index is 0.107. The standard InChI is InChI=1S/C91H178O17P2/c1-8-10-11-12-13-14-15-28-37-44-51-58-65-72-88(93)101-79-87(108-91(96)75-68-61-54-47-40-33-35-42-49-56-63-70-83(5)6)81-106-110(99,100)104-77-85(92)76-103-109(97,98)105-80-86(78-102-89(94)73-66-59-52-45-38-31-26-22-18-16-20-24-29-34-41-48-55-62-69-82(3)4)107-90(95)74-67-60-53-46-39-32-27-23-19-17-21-25-30-36-43-50-57-64-71-84(7)9-2/h82-87,92H,8-81H2,1-7H3,(H,97,98)(H,99,100)/t84?,85-,86-,87-/m1/s1. The van der Waals surface area contributed by atoms with E-state index in [4.69, 9.17) is 37.0 Å². The first kappa shape index (κ1) is 108. The summed E-state index contributed by atoms with van der Waals surface area (Å²) in [6.45, 7) is 12.1. The Bertz CT molecular complexity index is 2120. The van der Waals surface area contributed by atoms with E-state index in [0.29, 0.717) is 25.7 Å². The maximum Gasteiger partial charge on any atom is 0.472 e. The fourth-order valence-corrected chi connectivity index (χ4v) is 15.8. The molecule has 0 aliphatic heterocycles. The molecule has 110 heavy (non-hydrogen) atoms. The van der Waals surface area contributed by atoms with Gasteiger partial charge in [0.2, 0.25) is 0 Å². The SMILES string of the molecule is CCCCCCCCCCCCCCCC(=O)OC[C@H](COP(=O)(O)OC[C@H](O)COP(=O)(O)OC[C@@H](COC(=O)CCCCCCCCCCCCCCCCCCCCC(C)C)OC(=O)CCCCCCCCCCCCCCCCCCCCC(C)CC)OC(=O)CCCCCCCCCCCCCC(C)C. The summed E-state index contributed by atoms with van der Waals surface area (Å²) < 4.78 is 69.1. The molecule has 19 heteroatoms. The van der Waals surface area contributed by atoms with E-state index in [0.717, 1.165) is 108 Å². The largest absolute Gasteiger partial charge is 0.472 e. The van der Waals surface area contributed by atoms with Crippen molar-refractivity contribution in [3.05, 3.63) is 0 Å². The minimum atomic E-state index is -4.97. The van der Waals surface area contributed by atoms with Crippen molar-refractivity contribution in [2.75, 3.05) is 39.6 Å². The summed E-state index contributed by atoms with van der Waals surface area (Å²) >= 11 is 0. The zero-order valence-electron chi connectivity index (χ0n) is 72.7. The number of aliphatic hydroxyl groups excluding tert-OH is 1. The fourth-order valence-electron chi connectivity index (χ4n) is 14.2. The van der Waals surface area contributed by atoms with Gasteiger partial charge in [-0.1, -0.05) is 434 Å². The second kappa shape index (κ2) is 80.8. The maximum absolute atomic E-state index is 13.2. The molecular weight excluding hydrogens is 1430 g/mol.